The molecule has 1 saturated carbocycles. The summed E-state index contributed by atoms with van der Waals surface area (Å²) in [5.41, 5.74) is 8.53. The summed E-state index contributed by atoms with van der Waals surface area (Å²) < 4.78 is 2.23. The van der Waals surface area contributed by atoms with Gasteiger partial charge in [0.15, 0.2) is 0 Å². The predicted molar refractivity (Wildman–Crippen MR) is 84.9 cm³/mol. The Bertz CT molecular complexity index is 610. The number of aliphatic hydroxyl groups excluding tert-OH is 1. The van der Waals surface area contributed by atoms with E-state index >= 15 is 0 Å². The first-order chi connectivity index (χ1) is 9.72. The molecule has 0 bridgehead atoms. The molecule has 1 fully saturated rings. The number of anilines is 1. The van der Waals surface area contributed by atoms with Crippen molar-refractivity contribution in [2.45, 2.75) is 43.6 Å². The van der Waals surface area contributed by atoms with Crippen molar-refractivity contribution in [1.82, 2.24) is 9.55 Å². The third kappa shape index (κ3) is 2.40. The summed E-state index contributed by atoms with van der Waals surface area (Å²) in [6.45, 7) is -0.0188. The number of thioether (sulfide) groups is 1. The second kappa shape index (κ2) is 5.66. The summed E-state index contributed by atoms with van der Waals surface area (Å²) in [4.78, 5) is 4.54. The van der Waals surface area contributed by atoms with E-state index in [0.717, 1.165) is 29.0 Å². The van der Waals surface area contributed by atoms with Crippen LogP contribution >= 0.6 is 11.8 Å². The third-order valence-corrected chi connectivity index (χ3v) is 5.32. The molecule has 3 rings (SSSR count). The van der Waals surface area contributed by atoms with Gasteiger partial charge < -0.3 is 15.4 Å². The molecule has 0 aliphatic heterocycles. The number of imidazole rings is 1. The molecule has 1 aliphatic rings. The predicted octanol–water partition coefficient (Wildman–Crippen LogP) is 2.96. The van der Waals surface area contributed by atoms with Crippen LogP contribution in [0.1, 0.15) is 37.5 Å². The fraction of sp³-hybridized carbons (Fsp3) is 0.533. The Hall–Kier alpha value is -1.20. The van der Waals surface area contributed by atoms with Gasteiger partial charge in [0.25, 0.3) is 0 Å². The third-order valence-electron chi connectivity index (χ3n) is 4.22. The van der Waals surface area contributed by atoms with E-state index in [1.165, 1.54) is 19.3 Å². The van der Waals surface area contributed by atoms with Crippen molar-refractivity contribution in [1.29, 1.82) is 0 Å². The lowest BCUT2D eigenvalue weighted by atomic mass is 9.94. The van der Waals surface area contributed by atoms with Crippen LogP contribution in [0.2, 0.25) is 0 Å². The first-order valence-electron chi connectivity index (χ1n) is 7.13. The Morgan fingerprint density at radius 1 is 1.45 bits per heavy atom. The minimum absolute atomic E-state index is 0.0188. The van der Waals surface area contributed by atoms with E-state index in [1.807, 2.05) is 30.0 Å². The molecular weight excluding hydrogens is 270 g/mol. The van der Waals surface area contributed by atoms with Gasteiger partial charge in [-0.15, -0.1) is 0 Å². The van der Waals surface area contributed by atoms with Gasteiger partial charge in [-0.25, -0.2) is 4.98 Å². The second-order valence-electron chi connectivity index (χ2n) is 5.48. The summed E-state index contributed by atoms with van der Waals surface area (Å²) in [5.74, 6) is 0.761. The molecule has 1 aliphatic carbocycles. The number of nitrogen functional groups attached to an aromatic ring is 1. The summed E-state index contributed by atoms with van der Waals surface area (Å²) in [6.07, 6.45) is 7.05. The van der Waals surface area contributed by atoms with E-state index in [2.05, 4.69) is 15.8 Å². The maximum Gasteiger partial charge on any atom is 0.135 e. The van der Waals surface area contributed by atoms with Gasteiger partial charge in [-0.3, -0.25) is 0 Å². The molecule has 0 amide bonds. The lowest BCUT2D eigenvalue weighted by Crippen LogP contribution is -2.22. The van der Waals surface area contributed by atoms with Crippen LogP contribution in [0.5, 0.6) is 0 Å². The van der Waals surface area contributed by atoms with Crippen molar-refractivity contribution in [3.8, 4) is 0 Å². The first-order valence-corrected chi connectivity index (χ1v) is 8.41. The average Bonchev–Trinajstić information content (AvgIpc) is 2.84. The van der Waals surface area contributed by atoms with Crippen LogP contribution in [0.4, 0.5) is 5.69 Å². The van der Waals surface area contributed by atoms with E-state index in [0.29, 0.717) is 11.3 Å². The molecule has 2 atom stereocenters. The van der Waals surface area contributed by atoms with Crippen molar-refractivity contribution >= 4 is 28.5 Å². The topological polar surface area (TPSA) is 64.1 Å². The quantitative estimate of drug-likeness (QED) is 0.853. The molecule has 5 heteroatoms. The van der Waals surface area contributed by atoms with Crippen LogP contribution < -0.4 is 5.73 Å². The molecule has 108 valence electrons. The lowest BCUT2D eigenvalue weighted by Gasteiger charge is -2.30. The highest BCUT2D eigenvalue weighted by Gasteiger charge is 2.25. The van der Waals surface area contributed by atoms with Crippen LogP contribution in [0, 0.1) is 0 Å². The lowest BCUT2D eigenvalue weighted by molar-refractivity contribution is 0.254. The number of nitrogens with two attached hydrogens (primary N) is 1. The van der Waals surface area contributed by atoms with Gasteiger partial charge in [0.2, 0.25) is 0 Å². The fourth-order valence-corrected chi connectivity index (χ4v) is 4.07. The normalized spacial score (nSPS) is 23.3. The van der Waals surface area contributed by atoms with E-state index in [9.17, 15) is 5.11 Å². The first kappa shape index (κ1) is 13.8. The summed E-state index contributed by atoms with van der Waals surface area (Å²) in [6, 6.07) is 6.27. The molecule has 1 heterocycles. The number of aromatic nitrogens is 2. The zero-order valence-corrected chi connectivity index (χ0v) is 12.6. The fourth-order valence-electron chi connectivity index (χ4n) is 3.25. The zero-order chi connectivity index (χ0) is 14.1. The SMILES string of the molecule is CSC1CCCC(n2c(CO)nc3cc(N)ccc32)C1. The number of hydrogen-bond donors (Lipinski definition) is 2. The molecule has 20 heavy (non-hydrogen) atoms. The maximum atomic E-state index is 9.62. The Labute approximate surface area is 123 Å². The monoisotopic (exact) mass is 291 g/mol. The molecule has 2 unspecified atom stereocenters. The summed E-state index contributed by atoms with van der Waals surface area (Å²) >= 11 is 1.95. The number of fused-ring (bicyclic) bond motifs is 1. The van der Waals surface area contributed by atoms with Crippen molar-refractivity contribution in [3.63, 3.8) is 0 Å². The van der Waals surface area contributed by atoms with Gasteiger partial charge in [0.05, 0.1) is 11.0 Å². The smallest absolute Gasteiger partial charge is 0.135 e. The number of benzene rings is 1. The van der Waals surface area contributed by atoms with Crippen LogP contribution in [-0.4, -0.2) is 26.2 Å². The van der Waals surface area contributed by atoms with Crippen molar-refractivity contribution in [2.75, 3.05) is 12.0 Å². The van der Waals surface area contributed by atoms with Gasteiger partial charge in [-0.05, 0) is 43.7 Å². The number of nitrogens with zero attached hydrogens (tertiary/aromatic N) is 2. The standard InChI is InChI=1S/C15H21N3OS/c1-20-12-4-2-3-11(8-12)18-14-6-5-10(16)7-13(14)17-15(18)9-19/h5-7,11-12,19H,2-4,8-9,16H2,1H3. The molecule has 3 N–H and O–H groups in total. The highest BCUT2D eigenvalue weighted by molar-refractivity contribution is 7.99. The molecule has 0 radical (unpaired) electrons. The average molecular weight is 291 g/mol. The Kier molecular flexibility index (Phi) is 3.89. The van der Waals surface area contributed by atoms with Gasteiger partial charge in [0, 0.05) is 17.0 Å². The van der Waals surface area contributed by atoms with Crippen LogP contribution in [0.15, 0.2) is 18.2 Å². The minimum atomic E-state index is -0.0188. The molecule has 4 nitrogen and oxygen atoms in total. The van der Waals surface area contributed by atoms with Crippen molar-refractivity contribution in [2.24, 2.45) is 0 Å². The molecule has 0 spiro atoms. The largest absolute Gasteiger partial charge is 0.399 e. The molecular formula is C15H21N3OS. The van der Waals surface area contributed by atoms with Crippen LogP contribution in [-0.2, 0) is 6.61 Å². The van der Waals surface area contributed by atoms with Gasteiger partial charge in [-0.1, -0.05) is 6.42 Å². The number of rotatable bonds is 3. The van der Waals surface area contributed by atoms with Gasteiger partial charge in [0.1, 0.15) is 12.4 Å². The van der Waals surface area contributed by atoms with E-state index < -0.39 is 0 Å². The highest BCUT2D eigenvalue weighted by atomic mass is 32.2. The Morgan fingerprint density at radius 3 is 3.05 bits per heavy atom. The van der Waals surface area contributed by atoms with E-state index in [-0.39, 0.29) is 6.61 Å². The maximum absolute atomic E-state index is 9.62. The number of aliphatic hydroxyl groups is 1. The Balaban J connectivity index is 2.04. The van der Waals surface area contributed by atoms with Crippen LogP contribution in [0.25, 0.3) is 11.0 Å². The molecule has 1 aromatic carbocycles. The number of hydrogen-bond acceptors (Lipinski definition) is 4. The van der Waals surface area contributed by atoms with E-state index in [1.54, 1.807) is 0 Å². The van der Waals surface area contributed by atoms with E-state index in [4.69, 9.17) is 5.73 Å². The summed E-state index contributed by atoms with van der Waals surface area (Å²) in [5, 5.41) is 10.3. The minimum Gasteiger partial charge on any atom is -0.399 e. The van der Waals surface area contributed by atoms with Gasteiger partial charge in [-0.2, -0.15) is 11.8 Å². The Morgan fingerprint density at radius 2 is 2.30 bits per heavy atom. The molecule has 2 aromatic rings. The van der Waals surface area contributed by atoms with Gasteiger partial charge >= 0.3 is 0 Å². The van der Waals surface area contributed by atoms with Crippen LogP contribution in [0.3, 0.4) is 0 Å². The zero-order valence-electron chi connectivity index (χ0n) is 11.7. The highest BCUT2D eigenvalue weighted by Crippen LogP contribution is 2.37. The van der Waals surface area contributed by atoms with Crippen molar-refractivity contribution in [3.05, 3.63) is 24.0 Å². The molecule has 1 aromatic heterocycles. The van der Waals surface area contributed by atoms with Crippen molar-refractivity contribution < 1.29 is 5.11 Å². The molecule has 0 saturated heterocycles. The summed E-state index contributed by atoms with van der Waals surface area (Å²) in [7, 11) is 0. The second-order valence-corrected chi connectivity index (χ2v) is 6.62.